The number of hydrogen-bond acceptors (Lipinski definition) is 6. The van der Waals surface area contributed by atoms with Crippen LogP contribution in [0.15, 0.2) is 48.5 Å². The van der Waals surface area contributed by atoms with E-state index in [0.29, 0.717) is 17.1 Å². The van der Waals surface area contributed by atoms with Crippen molar-refractivity contribution in [2.75, 3.05) is 25.9 Å². The zero-order chi connectivity index (χ0) is 20.9. The predicted octanol–water partition coefficient (Wildman–Crippen LogP) is 3.30. The van der Waals surface area contributed by atoms with Gasteiger partial charge in [-0.25, -0.2) is 4.79 Å². The Morgan fingerprint density at radius 3 is 2.63 bits per heavy atom. The minimum absolute atomic E-state index is 0.347. The fraction of sp³-hybridized carbons (Fsp3) is 0.348. The molecule has 4 rings (SSSR count). The molecule has 0 atom stereocenters. The van der Waals surface area contributed by atoms with Crippen LogP contribution in [0.2, 0.25) is 0 Å². The Balaban J connectivity index is 1.33. The first-order chi connectivity index (χ1) is 14.6. The number of esters is 1. The highest BCUT2D eigenvalue weighted by Crippen LogP contribution is 2.24. The molecule has 0 saturated carbocycles. The van der Waals surface area contributed by atoms with E-state index in [1.54, 1.807) is 18.2 Å². The van der Waals surface area contributed by atoms with Crippen LogP contribution < -0.4 is 5.73 Å². The zero-order valence-corrected chi connectivity index (χ0v) is 17.2. The number of nitrogen functional groups attached to an aromatic ring is 1. The van der Waals surface area contributed by atoms with Crippen molar-refractivity contribution in [2.24, 2.45) is 5.92 Å². The van der Waals surface area contributed by atoms with E-state index in [9.17, 15) is 4.79 Å². The summed E-state index contributed by atoms with van der Waals surface area (Å²) in [6.07, 6.45) is 3.55. The van der Waals surface area contributed by atoms with Crippen LogP contribution >= 0.6 is 0 Å². The molecule has 1 aliphatic heterocycles. The number of carbonyl (C=O) groups excluding carboxylic acids is 1. The smallest absolute Gasteiger partial charge is 0.339 e. The number of aromatic nitrogens is 3. The highest BCUT2D eigenvalue weighted by atomic mass is 16.5. The van der Waals surface area contributed by atoms with Crippen molar-refractivity contribution in [1.82, 2.24) is 20.1 Å². The molecule has 1 fully saturated rings. The summed E-state index contributed by atoms with van der Waals surface area (Å²) in [5.74, 6) is 1.77. The number of H-pyrrole nitrogens is 1. The molecule has 1 aliphatic rings. The van der Waals surface area contributed by atoms with E-state index < -0.39 is 5.97 Å². The van der Waals surface area contributed by atoms with Crippen molar-refractivity contribution in [3.63, 3.8) is 0 Å². The maximum absolute atomic E-state index is 11.7. The van der Waals surface area contributed by atoms with Crippen molar-refractivity contribution in [1.29, 1.82) is 0 Å². The van der Waals surface area contributed by atoms with E-state index >= 15 is 0 Å². The first kappa shape index (κ1) is 20.1. The Kier molecular flexibility index (Phi) is 6.09. The Hall–Kier alpha value is -3.19. The van der Waals surface area contributed by atoms with Crippen LogP contribution in [-0.4, -0.2) is 46.2 Å². The average Bonchev–Trinajstić information content (AvgIpc) is 3.24. The van der Waals surface area contributed by atoms with Gasteiger partial charge in [-0.15, -0.1) is 10.2 Å². The lowest BCUT2D eigenvalue weighted by atomic mass is 9.90. The largest absolute Gasteiger partial charge is 0.465 e. The van der Waals surface area contributed by atoms with Crippen molar-refractivity contribution in [3.8, 4) is 11.4 Å². The van der Waals surface area contributed by atoms with Crippen LogP contribution in [0.4, 0.5) is 5.69 Å². The van der Waals surface area contributed by atoms with E-state index in [-0.39, 0.29) is 0 Å². The Morgan fingerprint density at radius 1 is 1.17 bits per heavy atom. The number of hydrogen-bond donors (Lipinski definition) is 2. The monoisotopic (exact) mass is 405 g/mol. The van der Waals surface area contributed by atoms with E-state index in [0.717, 1.165) is 43.4 Å². The highest BCUT2D eigenvalue weighted by Gasteiger charge is 2.21. The molecule has 7 heteroatoms. The van der Waals surface area contributed by atoms with Gasteiger partial charge in [0.25, 0.3) is 0 Å². The average molecular weight is 406 g/mol. The molecule has 3 N–H and O–H groups in total. The number of carbonyl (C=O) groups is 1. The number of anilines is 1. The molecule has 7 nitrogen and oxygen atoms in total. The second-order valence-corrected chi connectivity index (χ2v) is 7.82. The number of nitrogens with zero attached hydrogens (tertiary/aromatic N) is 3. The Labute approximate surface area is 176 Å². The van der Waals surface area contributed by atoms with Gasteiger partial charge in [0.2, 0.25) is 0 Å². The van der Waals surface area contributed by atoms with Gasteiger partial charge in [-0.2, -0.15) is 0 Å². The van der Waals surface area contributed by atoms with E-state index in [1.165, 1.54) is 25.5 Å². The van der Waals surface area contributed by atoms with Gasteiger partial charge >= 0.3 is 5.97 Å². The summed E-state index contributed by atoms with van der Waals surface area (Å²) < 4.78 is 4.73. The summed E-state index contributed by atoms with van der Waals surface area (Å²) >= 11 is 0. The number of rotatable bonds is 6. The van der Waals surface area contributed by atoms with Crippen molar-refractivity contribution >= 4 is 11.7 Å². The van der Waals surface area contributed by atoms with Gasteiger partial charge in [0, 0.05) is 11.3 Å². The number of ether oxygens (including phenoxy) is 1. The number of likely N-dealkylation sites (tertiary alicyclic amines) is 1. The van der Waals surface area contributed by atoms with Crippen LogP contribution in [0, 0.1) is 5.92 Å². The standard InChI is InChI=1S/C23H27N5O2/c1-30-23(29)19-8-7-18(14-20(19)24)22-25-21(26-27-22)15-28-11-9-17(10-12-28)13-16-5-3-2-4-6-16/h2-8,14,17H,9-13,15,24H2,1H3,(H,25,26,27). The maximum atomic E-state index is 11.7. The third-order valence-corrected chi connectivity index (χ3v) is 5.71. The van der Waals surface area contributed by atoms with Crippen molar-refractivity contribution < 1.29 is 9.53 Å². The fourth-order valence-electron chi connectivity index (χ4n) is 4.01. The minimum atomic E-state index is -0.451. The quantitative estimate of drug-likeness (QED) is 0.482. The van der Waals surface area contributed by atoms with Crippen LogP contribution in [0.1, 0.15) is 34.6 Å². The summed E-state index contributed by atoms with van der Waals surface area (Å²) in [6.45, 7) is 2.88. The molecule has 2 aromatic carbocycles. The number of aromatic amines is 1. The molecule has 1 aromatic heterocycles. The van der Waals surface area contributed by atoms with Gasteiger partial charge in [-0.1, -0.05) is 36.4 Å². The molecular weight excluding hydrogens is 378 g/mol. The highest BCUT2D eigenvalue weighted by molar-refractivity contribution is 5.95. The van der Waals surface area contributed by atoms with E-state index in [2.05, 4.69) is 50.4 Å². The van der Waals surface area contributed by atoms with Gasteiger partial charge in [0.05, 0.1) is 19.2 Å². The third kappa shape index (κ3) is 4.68. The second-order valence-electron chi connectivity index (χ2n) is 7.82. The lowest BCUT2D eigenvalue weighted by Crippen LogP contribution is -2.34. The molecule has 0 radical (unpaired) electrons. The molecule has 0 bridgehead atoms. The summed E-state index contributed by atoms with van der Waals surface area (Å²) in [5, 5.41) is 8.55. The van der Waals surface area contributed by atoms with E-state index in [1.807, 2.05) is 0 Å². The molecule has 0 amide bonds. The molecule has 0 unspecified atom stereocenters. The van der Waals surface area contributed by atoms with Crippen molar-refractivity contribution in [2.45, 2.75) is 25.8 Å². The molecule has 3 aromatic rings. The fourth-order valence-corrected chi connectivity index (χ4v) is 4.01. The molecule has 1 saturated heterocycles. The first-order valence-corrected chi connectivity index (χ1v) is 10.3. The SMILES string of the molecule is COC(=O)c1ccc(-c2nnc(CN3CCC(Cc4ccccc4)CC3)[nH]2)cc1N. The third-order valence-electron chi connectivity index (χ3n) is 5.71. The first-order valence-electron chi connectivity index (χ1n) is 10.3. The van der Waals surface area contributed by atoms with E-state index in [4.69, 9.17) is 10.5 Å². The normalized spacial score (nSPS) is 15.2. The number of methoxy groups -OCH3 is 1. The Morgan fingerprint density at radius 2 is 1.93 bits per heavy atom. The summed E-state index contributed by atoms with van der Waals surface area (Å²) in [6, 6.07) is 15.9. The van der Waals surface area contributed by atoms with Crippen LogP contribution in [0.5, 0.6) is 0 Å². The number of nitrogens with two attached hydrogens (primary N) is 1. The minimum Gasteiger partial charge on any atom is -0.465 e. The number of piperidine rings is 1. The Bertz CT molecular complexity index is 994. The van der Waals surface area contributed by atoms with Gasteiger partial charge in [-0.3, -0.25) is 4.90 Å². The van der Waals surface area contributed by atoms with Gasteiger partial charge in [0.1, 0.15) is 5.82 Å². The number of nitrogens with one attached hydrogen (secondary N) is 1. The zero-order valence-electron chi connectivity index (χ0n) is 17.2. The lowest BCUT2D eigenvalue weighted by Gasteiger charge is -2.31. The molecule has 0 spiro atoms. The van der Waals surface area contributed by atoms with Gasteiger partial charge in [0.15, 0.2) is 5.82 Å². The van der Waals surface area contributed by atoms with Crippen molar-refractivity contribution in [3.05, 3.63) is 65.5 Å². The van der Waals surface area contributed by atoms with Gasteiger partial charge in [-0.05, 0) is 56.0 Å². The molecule has 2 heterocycles. The molecule has 0 aliphatic carbocycles. The maximum Gasteiger partial charge on any atom is 0.339 e. The molecule has 30 heavy (non-hydrogen) atoms. The summed E-state index contributed by atoms with van der Waals surface area (Å²) in [4.78, 5) is 17.4. The van der Waals surface area contributed by atoms with Crippen LogP contribution in [-0.2, 0) is 17.7 Å². The predicted molar refractivity (Wildman–Crippen MR) is 116 cm³/mol. The summed E-state index contributed by atoms with van der Waals surface area (Å²) in [5.41, 5.74) is 8.91. The molecular formula is C23H27N5O2. The van der Waals surface area contributed by atoms with Crippen LogP contribution in [0.25, 0.3) is 11.4 Å². The lowest BCUT2D eigenvalue weighted by molar-refractivity contribution is 0.0602. The molecule has 156 valence electrons. The summed E-state index contributed by atoms with van der Waals surface area (Å²) in [7, 11) is 1.34. The second kappa shape index (κ2) is 9.09. The topological polar surface area (TPSA) is 97.1 Å². The van der Waals surface area contributed by atoms with Crippen LogP contribution in [0.3, 0.4) is 0 Å². The number of benzene rings is 2. The van der Waals surface area contributed by atoms with Gasteiger partial charge < -0.3 is 15.5 Å².